The number of benzene rings is 2. The molecule has 1 aliphatic heterocycles. The summed E-state index contributed by atoms with van der Waals surface area (Å²) in [6.45, 7) is 2.77. The monoisotopic (exact) mass is 352 g/mol. The predicted octanol–water partition coefficient (Wildman–Crippen LogP) is 3.75. The van der Waals surface area contributed by atoms with Crippen molar-refractivity contribution in [3.05, 3.63) is 57.3 Å². The van der Waals surface area contributed by atoms with E-state index in [0.29, 0.717) is 41.4 Å². The molecule has 2 aromatic rings. The summed E-state index contributed by atoms with van der Waals surface area (Å²) in [5, 5.41) is 10.6. The smallest absolute Gasteiger partial charge is 0.162 e. The molecule has 1 heterocycles. The zero-order valence-electron chi connectivity index (χ0n) is 11.4. The number of hydrogen-bond acceptors (Lipinski definition) is 3. The minimum Gasteiger partial charge on any atom is -0.486 e. The van der Waals surface area contributed by atoms with Gasteiger partial charge in [-0.05, 0) is 42.3 Å². The maximum absolute atomic E-state index is 13.2. The lowest BCUT2D eigenvalue weighted by molar-refractivity contribution is 0.169. The minimum atomic E-state index is -0.865. The van der Waals surface area contributed by atoms with Crippen molar-refractivity contribution in [2.75, 3.05) is 13.2 Å². The van der Waals surface area contributed by atoms with Crippen LogP contribution in [-0.4, -0.2) is 18.3 Å². The van der Waals surface area contributed by atoms with Crippen LogP contribution in [0, 0.1) is 12.7 Å². The molecular formula is C16H14BrFO3. The summed E-state index contributed by atoms with van der Waals surface area (Å²) in [6, 6.07) is 7.89. The minimum absolute atomic E-state index is 0.315. The summed E-state index contributed by atoms with van der Waals surface area (Å²) in [5.41, 5.74) is 2.02. The molecule has 0 amide bonds. The first-order valence-corrected chi connectivity index (χ1v) is 7.38. The molecule has 3 rings (SSSR count). The zero-order valence-corrected chi connectivity index (χ0v) is 13.0. The molecule has 1 unspecified atom stereocenters. The van der Waals surface area contributed by atoms with Crippen LogP contribution in [0.25, 0.3) is 0 Å². The molecule has 0 fully saturated rings. The average Bonchev–Trinajstić information content (AvgIpc) is 2.46. The van der Waals surface area contributed by atoms with E-state index in [2.05, 4.69) is 15.9 Å². The van der Waals surface area contributed by atoms with Crippen molar-refractivity contribution in [1.82, 2.24) is 0 Å². The third-order valence-corrected chi connectivity index (χ3v) is 4.17. The number of ether oxygens (including phenoxy) is 2. The Bertz CT molecular complexity index is 687. The lowest BCUT2D eigenvalue weighted by atomic mass is 9.97. The van der Waals surface area contributed by atoms with E-state index < -0.39 is 6.10 Å². The second-order valence-corrected chi connectivity index (χ2v) is 5.78. The van der Waals surface area contributed by atoms with Gasteiger partial charge in [0, 0.05) is 10.0 Å². The van der Waals surface area contributed by atoms with E-state index in [1.807, 2.05) is 0 Å². The van der Waals surface area contributed by atoms with Crippen LogP contribution in [0.2, 0.25) is 0 Å². The third-order valence-electron chi connectivity index (χ3n) is 3.48. The van der Waals surface area contributed by atoms with Crippen LogP contribution in [0.1, 0.15) is 22.8 Å². The summed E-state index contributed by atoms with van der Waals surface area (Å²) in [5.74, 6) is 0.947. The molecule has 1 atom stereocenters. The van der Waals surface area contributed by atoms with Gasteiger partial charge < -0.3 is 14.6 Å². The first-order chi connectivity index (χ1) is 10.1. The van der Waals surface area contributed by atoms with Gasteiger partial charge in [0.1, 0.15) is 25.1 Å². The molecule has 1 N–H and O–H groups in total. The van der Waals surface area contributed by atoms with Crippen LogP contribution in [0.15, 0.2) is 34.8 Å². The van der Waals surface area contributed by atoms with Crippen molar-refractivity contribution >= 4 is 15.9 Å². The Morgan fingerprint density at radius 2 is 1.76 bits per heavy atom. The summed E-state index contributed by atoms with van der Waals surface area (Å²) >= 11 is 3.44. The summed E-state index contributed by atoms with van der Waals surface area (Å²) in [7, 11) is 0. The number of hydrogen-bond donors (Lipinski definition) is 1. The summed E-state index contributed by atoms with van der Waals surface area (Å²) in [6.07, 6.45) is -0.865. The number of halogens is 2. The van der Waals surface area contributed by atoms with Gasteiger partial charge in [-0.15, -0.1) is 0 Å². The Hall–Kier alpha value is -1.59. The normalized spacial score (nSPS) is 14.9. The van der Waals surface area contributed by atoms with Crippen LogP contribution in [0.3, 0.4) is 0 Å². The third kappa shape index (κ3) is 2.76. The fourth-order valence-electron chi connectivity index (χ4n) is 2.40. The van der Waals surface area contributed by atoms with Gasteiger partial charge in [0.2, 0.25) is 0 Å². The van der Waals surface area contributed by atoms with Gasteiger partial charge in [-0.25, -0.2) is 4.39 Å². The molecule has 0 saturated carbocycles. The van der Waals surface area contributed by atoms with E-state index >= 15 is 0 Å². The van der Waals surface area contributed by atoms with Gasteiger partial charge >= 0.3 is 0 Å². The molecule has 3 nitrogen and oxygen atoms in total. The second-order valence-electron chi connectivity index (χ2n) is 4.92. The Morgan fingerprint density at radius 1 is 1.10 bits per heavy atom. The molecule has 0 aliphatic carbocycles. The molecule has 0 spiro atoms. The summed E-state index contributed by atoms with van der Waals surface area (Å²) < 4.78 is 25.0. The van der Waals surface area contributed by atoms with Crippen LogP contribution >= 0.6 is 15.9 Å². The summed E-state index contributed by atoms with van der Waals surface area (Å²) in [4.78, 5) is 0. The quantitative estimate of drug-likeness (QED) is 0.894. The fraction of sp³-hybridized carbons (Fsp3) is 0.250. The van der Waals surface area contributed by atoms with Gasteiger partial charge in [0.05, 0.1) is 0 Å². The lowest BCUT2D eigenvalue weighted by Crippen LogP contribution is -2.16. The maximum atomic E-state index is 13.2. The molecular weight excluding hydrogens is 339 g/mol. The number of aliphatic hydroxyl groups is 1. The van der Waals surface area contributed by atoms with Crippen molar-refractivity contribution in [3.63, 3.8) is 0 Å². The Balaban J connectivity index is 2.03. The highest BCUT2D eigenvalue weighted by Gasteiger charge is 2.21. The molecule has 1 aliphatic rings. The highest BCUT2D eigenvalue weighted by Crippen LogP contribution is 2.39. The molecule has 110 valence electrons. The predicted molar refractivity (Wildman–Crippen MR) is 80.3 cm³/mol. The van der Waals surface area contributed by atoms with Crippen molar-refractivity contribution < 1.29 is 19.0 Å². The van der Waals surface area contributed by atoms with E-state index in [0.717, 1.165) is 4.47 Å². The largest absolute Gasteiger partial charge is 0.486 e. The topological polar surface area (TPSA) is 38.7 Å². The van der Waals surface area contributed by atoms with Crippen LogP contribution in [-0.2, 0) is 0 Å². The van der Waals surface area contributed by atoms with Crippen molar-refractivity contribution in [3.8, 4) is 11.5 Å². The standard InChI is InChI=1S/C16H14BrFO3/c1-9-6-10(18)2-3-11(9)16(19)12-7-14-15(8-13(12)17)21-5-4-20-14/h2-3,6-8,16,19H,4-5H2,1H3. The molecule has 0 radical (unpaired) electrons. The SMILES string of the molecule is Cc1cc(F)ccc1C(O)c1cc2c(cc1Br)OCCO2. The Morgan fingerprint density at radius 3 is 2.43 bits per heavy atom. The molecule has 0 aromatic heterocycles. The van der Waals surface area contributed by atoms with E-state index in [4.69, 9.17) is 9.47 Å². The lowest BCUT2D eigenvalue weighted by Gasteiger charge is -2.22. The molecule has 2 aromatic carbocycles. The Labute approximate surface area is 130 Å². The van der Waals surface area contributed by atoms with E-state index in [1.165, 1.54) is 12.1 Å². The van der Waals surface area contributed by atoms with E-state index in [9.17, 15) is 9.50 Å². The highest BCUT2D eigenvalue weighted by atomic mass is 79.9. The first kappa shape index (κ1) is 14.4. The number of aryl methyl sites for hydroxylation is 1. The molecule has 0 bridgehead atoms. The second kappa shape index (κ2) is 5.66. The Kier molecular flexibility index (Phi) is 3.87. The van der Waals surface area contributed by atoms with Gasteiger partial charge in [0.15, 0.2) is 11.5 Å². The molecule has 21 heavy (non-hydrogen) atoms. The average molecular weight is 353 g/mol. The number of rotatable bonds is 2. The van der Waals surface area contributed by atoms with Crippen LogP contribution in [0.5, 0.6) is 11.5 Å². The fourth-order valence-corrected chi connectivity index (χ4v) is 2.94. The van der Waals surface area contributed by atoms with Gasteiger partial charge in [0.25, 0.3) is 0 Å². The number of aliphatic hydroxyl groups excluding tert-OH is 1. The van der Waals surface area contributed by atoms with Crippen LogP contribution in [0.4, 0.5) is 4.39 Å². The highest BCUT2D eigenvalue weighted by molar-refractivity contribution is 9.10. The molecule has 0 saturated heterocycles. The van der Waals surface area contributed by atoms with Gasteiger partial charge in [-0.1, -0.05) is 22.0 Å². The first-order valence-electron chi connectivity index (χ1n) is 6.59. The van der Waals surface area contributed by atoms with E-state index in [-0.39, 0.29) is 5.82 Å². The molecule has 5 heteroatoms. The van der Waals surface area contributed by atoms with E-state index in [1.54, 1.807) is 25.1 Å². The number of fused-ring (bicyclic) bond motifs is 1. The van der Waals surface area contributed by atoms with Gasteiger partial charge in [-0.3, -0.25) is 0 Å². The van der Waals surface area contributed by atoms with Crippen LogP contribution < -0.4 is 9.47 Å². The van der Waals surface area contributed by atoms with Crippen molar-refractivity contribution in [2.24, 2.45) is 0 Å². The van der Waals surface area contributed by atoms with Gasteiger partial charge in [-0.2, -0.15) is 0 Å². The maximum Gasteiger partial charge on any atom is 0.162 e. The van der Waals surface area contributed by atoms with Crippen molar-refractivity contribution in [1.29, 1.82) is 0 Å². The van der Waals surface area contributed by atoms with Crippen molar-refractivity contribution in [2.45, 2.75) is 13.0 Å². The zero-order chi connectivity index (χ0) is 15.0.